The fourth-order valence-electron chi connectivity index (χ4n) is 4.25. The lowest BCUT2D eigenvalue weighted by Gasteiger charge is -2.25. The summed E-state index contributed by atoms with van der Waals surface area (Å²) in [5.74, 6) is 0.406. The monoisotopic (exact) mass is 485 g/mol. The number of aryl methyl sites for hydroxylation is 3. The number of ketones is 1. The van der Waals surface area contributed by atoms with E-state index in [1.165, 1.54) is 16.1 Å². The molecule has 0 radical (unpaired) electrons. The van der Waals surface area contributed by atoms with Crippen LogP contribution in [0.15, 0.2) is 50.9 Å². The number of thioether (sulfide) groups is 1. The summed E-state index contributed by atoms with van der Waals surface area (Å²) in [5.41, 5.74) is 4.29. The molecule has 3 aromatic rings. The van der Waals surface area contributed by atoms with E-state index in [1.807, 2.05) is 32.9 Å². The second-order valence-corrected chi connectivity index (χ2v) is 11.2. The van der Waals surface area contributed by atoms with Crippen LogP contribution in [0.1, 0.15) is 46.3 Å². The Morgan fingerprint density at radius 1 is 1.03 bits per heavy atom. The minimum Gasteiger partial charge on any atom is -0.411 e. The quantitative estimate of drug-likeness (QED) is 0.350. The average Bonchev–Trinajstić information content (AvgIpc) is 3.27. The first kappa shape index (κ1) is 23.7. The number of rotatable bonds is 7. The first-order chi connectivity index (χ1) is 15.8. The third-order valence-corrected chi connectivity index (χ3v) is 8.44. The topological polar surface area (TPSA) is 93.4 Å². The van der Waals surface area contributed by atoms with Crippen LogP contribution < -0.4 is 0 Å². The first-order valence-corrected chi connectivity index (χ1v) is 13.4. The van der Waals surface area contributed by atoms with Crippen molar-refractivity contribution in [3.05, 3.63) is 58.7 Å². The highest BCUT2D eigenvalue weighted by Crippen LogP contribution is 2.28. The molecule has 0 bridgehead atoms. The number of benzene rings is 2. The lowest BCUT2D eigenvalue weighted by Crippen LogP contribution is -2.35. The fourth-order valence-corrected chi connectivity index (χ4v) is 6.45. The zero-order chi connectivity index (χ0) is 23.6. The first-order valence-electron chi connectivity index (χ1n) is 10.9. The van der Waals surface area contributed by atoms with Crippen LogP contribution in [0.5, 0.6) is 0 Å². The Morgan fingerprint density at radius 3 is 2.42 bits per heavy atom. The molecule has 0 aliphatic carbocycles. The zero-order valence-electron chi connectivity index (χ0n) is 19.0. The van der Waals surface area contributed by atoms with E-state index in [9.17, 15) is 13.2 Å². The highest BCUT2D eigenvalue weighted by molar-refractivity contribution is 7.99. The van der Waals surface area contributed by atoms with Crippen LogP contribution in [0.25, 0.3) is 11.5 Å². The molecule has 1 aliphatic heterocycles. The Bertz CT molecular complexity index is 1260. The van der Waals surface area contributed by atoms with Crippen molar-refractivity contribution in [2.24, 2.45) is 0 Å². The molecule has 0 unspecified atom stereocenters. The Kier molecular flexibility index (Phi) is 7.02. The van der Waals surface area contributed by atoms with Crippen LogP contribution in [0.4, 0.5) is 0 Å². The summed E-state index contributed by atoms with van der Waals surface area (Å²) in [7, 11) is -3.56. The number of hydrogen-bond donors (Lipinski definition) is 0. The molecule has 0 spiro atoms. The van der Waals surface area contributed by atoms with Gasteiger partial charge in [-0.2, -0.15) is 4.31 Å². The lowest BCUT2D eigenvalue weighted by atomic mass is 9.97. The summed E-state index contributed by atoms with van der Waals surface area (Å²) >= 11 is 1.18. The fraction of sp³-hybridized carbons (Fsp3) is 0.375. The molecule has 0 N–H and O–H groups in total. The number of hydrogen-bond acceptors (Lipinski definition) is 7. The summed E-state index contributed by atoms with van der Waals surface area (Å²) in [6, 6.07) is 10.6. The van der Waals surface area contributed by atoms with E-state index in [4.69, 9.17) is 4.42 Å². The average molecular weight is 486 g/mol. The Labute approximate surface area is 198 Å². The van der Waals surface area contributed by atoms with Gasteiger partial charge in [-0.05, 0) is 62.9 Å². The minimum atomic E-state index is -3.56. The standard InChI is InChI=1S/C24H27N3O4S2/c1-16-12-17(2)22(18(3)13-16)21(28)15-32-24-26-25-23(31-24)19-8-7-9-20(14-19)33(29,30)27-10-5-4-6-11-27/h7-9,12-14H,4-6,10-11,15H2,1-3H3. The highest BCUT2D eigenvalue weighted by Gasteiger charge is 2.26. The van der Waals surface area contributed by atoms with Gasteiger partial charge in [0.2, 0.25) is 15.9 Å². The molecular formula is C24H27N3O4S2. The van der Waals surface area contributed by atoms with E-state index in [0.717, 1.165) is 41.5 Å². The summed E-state index contributed by atoms with van der Waals surface area (Å²) in [6.45, 7) is 6.97. The maximum atomic E-state index is 13.0. The second kappa shape index (κ2) is 9.79. The second-order valence-electron chi connectivity index (χ2n) is 8.35. The van der Waals surface area contributed by atoms with Crippen molar-refractivity contribution in [3.8, 4) is 11.5 Å². The van der Waals surface area contributed by atoms with Crippen LogP contribution in [0.3, 0.4) is 0 Å². The van der Waals surface area contributed by atoms with Gasteiger partial charge in [0.25, 0.3) is 5.22 Å². The van der Waals surface area contributed by atoms with E-state index in [2.05, 4.69) is 10.2 Å². The van der Waals surface area contributed by atoms with Gasteiger partial charge in [-0.25, -0.2) is 8.42 Å². The van der Waals surface area contributed by atoms with E-state index in [-0.39, 0.29) is 27.5 Å². The predicted molar refractivity (Wildman–Crippen MR) is 128 cm³/mol. The lowest BCUT2D eigenvalue weighted by molar-refractivity contribution is 0.102. The summed E-state index contributed by atoms with van der Waals surface area (Å²) in [5, 5.41) is 8.36. The third-order valence-electron chi connectivity index (χ3n) is 5.72. The van der Waals surface area contributed by atoms with Crippen molar-refractivity contribution in [2.75, 3.05) is 18.8 Å². The summed E-state index contributed by atoms with van der Waals surface area (Å²) < 4.78 is 33.2. The normalized spacial score (nSPS) is 15.0. The summed E-state index contributed by atoms with van der Waals surface area (Å²) in [4.78, 5) is 13.0. The molecule has 9 heteroatoms. The van der Waals surface area contributed by atoms with Crippen molar-refractivity contribution < 1.29 is 17.6 Å². The molecule has 0 amide bonds. The zero-order valence-corrected chi connectivity index (χ0v) is 20.6. The van der Waals surface area contributed by atoms with Crippen LogP contribution in [0, 0.1) is 20.8 Å². The Balaban J connectivity index is 1.48. The number of carbonyl (C=O) groups is 1. The van der Waals surface area contributed by atoms with Crippen molar-refractivity contribution in [1.29, 1.82) is 0 Å². The molecule has 2 aromatic carbocycles. The molecule has 174 valence electrons. The van der Waals surface area contributed by atoms with Gasteiger partial charge < -0.3 is 4.42 Å². The van der Waals surface area contributed by atoms with E-state index < -0.39 is 10.0 Å². The Morgan fingerprint density at radius 2 is 1.73 bits per heavy atom. The molecule has 0 saturated carbocycles. The summed E-state index contributed by atoms with van der Waals surface area (Å²) in [6.07, 6.45) is 2.81. The van der Waals surface area contributed by atoms with Crippen LogP contribution in [-0.2, 0) is 10.0 Å². The van der Waals surface area contributed by atoms with Crippen LogP contribution >= 0.6 is 11.8 Å². The number of carbonyl (C=O) groups excluding carboxylic acids is 1. The molecule has 4 rings (SSSR count). The highest BCUT2D eigenvalue weighted by atomic mass is 32.2. The van der Waals surface area contributed by atoms with Crippen molar-refractivity contribution in [1.82, 2.24) is 14.5 Å². The van der Waals surface area contributed by atoms with Crippen LogP contribution in [0.2, 0.25) is 0 Å². The molecule has 1 saturated heterocycles. The molecule has 7 nitrogen and oxygen atoms in total. The maximum absolute atomic E-state index is 13.0. The number of sulfonamides is 1. The van der Waals surface area contributed by atoms with Gasteiger partial charge in [0, 0.05) is 24.2 Å². The van der Waals surface area contributed by atoms with Gasteiger partial charge in [-0.15, -0.1) is 10.2 Å². The number of aromatic nitrogens is 2. The van der Waals surface area contributed by atoms with E-state index in [1.54, 1.807) is 24.3 Å². The smallest absolute Gasteiger partial charge is 0.277 e. The van der Waals surface area contributed by atoms with Gasteiger partial charge in [-0.1, -0.05) is 41.9 Å². The predicted octanol–water partition coefficient (Wildman–Crippen LogP) is 4.81. The molecule has 33 heavy (non-hydrogen) atoms. The number of nitrogens with zero attached hydrogens (tertiary/aromatic N) is 3. The number of Topliss-reactive ketones (excluding diaryl/α,β-unsaturated/α-hetero) is 1. The molecular weight excluding hydrogens is 458 g/mol. The van der Waals surface area contributed by atoms with Crippen molar-refractivity contribution in [2.45, 2.75) is 50.2 Å². The maximum Gasteiger partial charge on any atom is 0.277 e. The van der Waals surface area contributed by atoms with Gasteiger partial charge in [0.15, 0.2) is 5.78 Å². The van der Waals surface area contributed by atoms with Crippen molar-refractivity contribution in [3.63, 3.8) is 0 Å². The molecule has 1 fully saturated rings. The van der Waals surface area contributed by atoms with E-state index in [0.29, 0.717) is 18.7 Å². The van der Waals surface area contributed by atoms with Gasteiger partial charge in [-0.3, -0.25) is 4.79 Å². The molecule has 2 heterocycles. The van der Waals surface area contributed by atoms with Crippen LogP contribution in [-0.4, -0.2) is 47.5 Å². The van der Waals surface area contributed by atoms with Gasteiger partial charge in [0.05, 0.1) is 10.6 Å². The number of piperidine rings is 1. The molecule has 0 atom stereocenters. The largest absolute Gasteiger partial charge is 0.411 e. The molecule has 1 aliphatic rings. The molecule has 1 aromatic heterocycles. The SMILES string of the molecule is Cc1cc(C)c(C(=O)CSc2nnc(-c3cccc(S(=O)(=O)N4CCCCC4)c3)o2)c(C)c1. The van der Waals surface area contributed by atoms with Gasteiger partial charge >= 0.3 is 0 Å². The minimum absolute atomic E-state index is 0.00405. The third kappa shape index (κ3) is 5.20. The van der Waals surface area contributed by atoms with Crippen molar-refractivity contribution >= 4 is 27.6 Å². The van der Waals surface area contributed by atoms with E-state index >= 15 is 0 Å². The Hall–Kier alpha value is -2.49. The van der Waals surface area contributed by atoms with Gasteiger partial charge in [0.1, 0.15) is 0 Å².